The molecule has 1 aliphatic heterocycles. The van der Waals surface area contributed by atoms with Crippen LogP contribution in [0.2, 0.25) is 0 Å². The second kappa shape index (κ2) is 6.90. The zero-order valence-electron chi connectivity index (χ0n) is 18.3. The Balaban J connectivity index is 1.48. The van der Waals surface area contributed by atoms with Crippen molar-refractivity contribution >= 4 is 11.5 Å². The van der Waals surface area contributed by atoms with Crippen molar-refractivity contribution in [2.45, 2.75) is 32.2 Å². The minimum Gasteiger partial charge on any atom is -0.424 e. The van der Waals surface area contributed by atoms with Gasteiger partial charge >= 0.3 is 6.01 Å². The first kappa shape index (κ1) is 19.5. The van der Waals surface area contributed by atoms with Gasteiger partial charge in [0, 0.05) is 49.3 Å². The Bertz CT molecular complexity index is 1240. The first-order chi connectivity index (χ1) is 15.5. The first-order valence-electron chi connectivity index (χ1n) is 11.1. The standard InChI is InChI=1S/C25H26FN5O/c1-14-4-3-5-16(8-14)32-24-29-20-11-17-18(9-15(26)10-19(17)28-2)22(20)23(30-24)31-12-21(27)25(13-31)6-7-25/h3-5,8-10,21,28H,6-7,11-13,27H2,1-2H3/t21-/m0/s1. The molecule has 0 bridgehead atoms. The van der Waals surface area contributed by atoms with Crippen molar-refractivity contribution in [3.63, 3.8) is 0 Å². The quantitative estimate of drug-likeness (QED) is 0.503. The Kier molecular flexibility index (Phi) is 4.21. The van der Waals surface area contributed by atoms with Crippen molar-refractivity contribution in [1.29, 1.82) is 0 Å². The molecule has 0 amide bonds. The number of fused-ring (bicyclic) bond motifs is 3. The number of anilines is 2. The fourth-order valence-electron chi connectivity index (χ4n) is 5.22. The van der Waals surface area contributed by atoms with Crippen molar-refractivity contribution in [1.82, 2.24) is 9.97 Å². The summed E-state index contributed by atoms with van der Waals surface area (Å²) in [6.07, 6.45) is 2.91. The van der Waals surface area contributed by atoms with Gasteiger partial charge in [-0.05, 0) is 60.7 Å². The summed E-state index contributed by atoms with van der Waals surface area (Å²) in [5.41, 5.74) is 12.2. The molecule has 1 saturated carbocycles. The highest BCUT2D eigenvalue weighted by molar-refractivity contribution is 5.88. The van der Waals surface area contributed by atoms with Gasteiger partial charge in [0.2, 0.25) is 0 Å². The van der Waals surface area contributed by atoms with E-state index in [0.29, 0.717) is 18.2 Å². The van der Waals surface area contributed by atoms with Gasteiger partial charge in [-0.1, -0.05) is 12.1 Å². The molecule has 6 nitrogen and oxygen atoms in total. The number of nitrogens with one attached hydrogen (secondary N) is 1. The lowest BCUT2D eigenvalue weighted by Crippen LogP contribution is -2.30. The minimum atomic E-state index is -0.274. The summed E-state index contributed by atoms with van der Waals surface area (Å²) in [5.74, 6) is 1.22. The highest BCUT2D eigenvalue weighted by Gasteiger charge is 2.54. The smallest absolute Gasteiger partial charge is 0.324 e. The van der Waals surface area contributed by atoms with Crippen LogP contribution in [0.5, 0.6) is 11.8 Å². The summed E-state index contributed by atoms with van der Waals surface area (Å²) in [7, 11) is 1.81. The zero-order chi connectivity index (χ0) is 22.0. The average Bonchev–Trinajstić information content (AvgIpc) is 3.35. The molecule has 2 heterocycles. The molecule has 0 unspecified atom stereocenters. The average molecular weight is 432 g/mol. The number of rotatable bonds is 4. The van der Waals surface area contributed by atoms with Gasteiger partial charge < -0.3 is 20.7 Å². The highest BCUT2D eigenvalue weighted by atomic mass is 19.1. The van der Waals surface area contributed by atoms with Crippen molar-refractivity contribution in [2.75, 3.05) is 30.4 Å². The van der Waals surface area contributed by atoms with Gasteiger partial charge in [-0.25, -0.2) is 4.39 Å². The lowest BCUT2D eigenvalue weighted by Gasteiger charge is -2.21. The van der Waals surface area contributed by atoms with Crippen LogP contribution in [-0.4, -0.2) is 36.1 Å². The number of nitrogens with two attached hydrogens (primary N) is 1. The third-order valence-corrected chi connectivity index (χ3v) is 7.14. The minimum absolute atomic E-state index is 0.121. The molecular weight excluding hydrogens is 405 g/mol. The number of hydrogen-bond donors (Lipinski definition) is 2. The summed E-state index contributed by atoms with van der Waals surface area (Å²) >= 11 is 0. The molecule has 2 aromatic carbocycles. The van der Waals surface area contributed by atoms with Crippen molar-refractivity contribution in [3.05, 3.63) is 59.0 Å². The first-order valence-corrected chi connectivity index (χ1v) is 11.1. The van der Waals surface area contributed by atoms with Crippen LogP contribution in [0.1, 0.15) is 29.7 Å². The number of aromatic nitrogens is 2. The monoisotopic (exact) mass is 431 g/mol. The van der Waals surface area contributed by atoms with E-state index < -0.39 is 0 Å². The van der Waals surface area contributed by atoms with Crippen LogP contribution < -0.4 is 20.7 Å². The third-order valence-electron chi connectivity index (χ3n) is 7.14. The summed E-state index contributed by atoms with van der Waals surface area (Å²) in [5, 5.41) is 3.13. The Hall–Kier alpha value is -3.19. The van der Waals surface area contributed by atoms with E-state index in [1.165, 1.54) is 6.07 Å². The molecule has 1 atom stereocenters. The van der Waals surface area contributed by atoms with Gasteiger partial charge in [0.25, 0.3) is 0 Å². The van der Waals surface area contributed by atoms with Gasteiger partial charge in [0.1, 0.15) is 17.4 Å². The molecular formula is C25H26FN5O. The second-order valence-corrected chi connectivity index (χ2v) is 9.33. The Morgan fingerprint density at radius 2 is 2.06 bits per heavy atom. The van der Waals surface area contributed by atoms with Crippen molar-refractivity contribution in [2.24, 2.45) is 11.1 Å². The maximum atomic E-state index is 14.5. The van der Waals surface area contributed by atoms with Crippen molar-refractivity contribution in [3.8, 4) is 22.9 Å². The Morgan fingerprint density at radius 3 is 2.78 bits per heavy atom. The van der Waals surface area contributed by atoms with Crippen LogP contribution in [-0.2, 0) is 6.42 Å². The van der Waals surface area contributed by atoms with Crippen LogP contribution >= 0.6 is 0 Å². The molecule has 164 valence electrons. The molecule has 3 aromatic rings. The second-order valence-electron chi connectivity index (χ2n) is 9.33. The predicted octanol–water partition coefficient (Wildman–Crippen LogP) is 4.26. The largest absolute Gasteiger partial charge is 0.424 e. The van der Waals surface area contributed by atoms with E-state index in [1.54, 1.807) is 6.07 Å². The molecule has 1 aromatic heterocycles. The number of hydrogen-bond acceptors (Lipinski definition) is 6. The van der Waals surface area contributed by atoms with Gasteiger partial charge in [-0.2, -0.15) is 9.97 Å². The van der Waals surface area contributed by atoms with E-state index in [0.717, 1.165) is 65.4 Å². The third kappa shape index (κ3) is 3.03. The van der Waals surface area contributed by atoms with E-state index in [4.69, 9.17) is 20.4 Å². The molecule has 3 aliphatic rings. The topological polar surface area (TPSA) is 76.3 Å². The summed E-state index contributed by atoms with van der Waals surface area (Å²) in [6, 6.07) is 11.4. The molecule has 2 fully saturated rings. The predicted molar refractivity (Wildman–Crippen MR) is 123 cm³/mol. The van der Waals surface area contributed by atoms with E-state index >= 15 is 0 Å². The highest BCUT2D eigenvalue weighted by Crippen LogP contribution is 2.54. The number of halogens is 1. The van der Waals surface area contributed by atoms with Crippen LogP contribution in [0, 0.1) is 18.2 Å². The SMILES string of the molecule is CNc1cc(F)cc2c1Cc1nc(Oc3cccc(C)c3)nc(N3C[C@H](N)C4(CC4)C3)c1-2. The Labute approximate surface area is 186 Å². The molecule has 1 spiro atoms. The maximum absolute atomic E-state index is 14.5. The fourth-order valence-corrected chi connectivity index (χ4v) is 5.22. The van der Waals surface area contributed by atoms with Crippen LogP contribution in [0.25, 0.3) is 11.1 Å². The number of ether oxygens (including phenoxy) is 1. The van der Waals surface area contributed by atoms with Crippen molar-refractivity contribution < 1.29 is 9.13 Å². The molecule has 32 heavy (non-hydrogen) atoms. The van der Waals surface area contributed by atoms with Crippen LogP contribution in [0.3, 0.4) is 0 Å². The molecule has 2 aliphatic carbocycles. The molecule has 1 saturated heterocycles. The molecule has 3 N–H and O–H groups in total. The van der Waals surface area contributed by atoms with Crippen LogP contribution in [0.4, 0.5) is 15.9 Å². The van der Waals surface area contributed by atoms with E-state index in [-0.39, 0.29) is 17.3 Å². The van der Waals surface area contributed by atoms with Crippen LogP contribution in [0.15, 0.2) is 36.4 Å². The number of aryl methyl sites for hydroxylation is 1. The van der Waals surface area contributed by atoms with E-state index in [9.17, 15) is 4.39 Å². The number of nitrogens with zero attached hydrogens (tertiary/aromatic N) is 3. The number of benzene rings is 2. The van der Waals surface area contributed by atoms with E-state index in [1.807, 2.05) is 38.2 Å². The maximum Gasteiger partial charge on any atom is 0.324 e. The molecule has 0 radical (unpaired) electrons. The summed E-state index contributed by atoms with van der Waals surface area (Å²) < 4.78 is 20.6. The summed E-state index contributed by atoms with van der Waals surface area (Å²) in [6.45, 7) is 3.62. The van der Waals surface area contributed by atoms with Gasteiger partial charge in [0.05, 0.1) is 5.69 Å². The van der Waals surface area contributed by atoms with Gasteiger partial charge in [0.15, 0.2) is 0 Å². The normalized spacial score (nSPS) is 19.8. The van der Waals surface area contributed by atoms with Gasteiger partial charge in [-0.3, -0.25) is 0 Å². The Morgan fingerprint density at radius 1 is 1.22 bits per heavy atom. The van der Waals surface area contributed by atoms with E-state index in [2.05, 4.69) is 10.2 Å². The molecule has 7 heteroatoms. The lowest BCUT2D eigenvalue weighted by atomic mass is 10.0. The summed E-state index contributed by atoms with van der Waals surface area (Å²) in [4.78, 5) is 11.9. The van der Waals surface area contributed by atoms with Gasteiger partial charge in [-0.15, -0.1) is 0 Å². The fraction of sp³-hybridized carbons (Fsp3) is 0.360. The zero-order valence-corrected chi connectivity index (χ0v) is 18.3. The lowest BCUT2D eigenvalue weighted by molar-refractivity contribution is 0.440. The molecule has 6 rings (SSSR count).